The van der Waals surface area contributed by atoms with Gasteiger partial charge in [0.25, 0.3) is 0 Å². The molecule has 0 aliphatic rings. The Bertz CT molecular complexity index is 169. The van der Waals surface area contributed by atoms with Crippen LogP contribution in [-0.2, 0) is 6.42 Å². The number of anilines is 1. The summed E-state index contributed by atoms with van der Waals surface area (Å²) in [5.74, 6) is 0. The summed E-state index contributed by atoms with van der Waals surface area (Å²) in [6, 6.07) is 1.91. The first-order valence-corrected chi connectivity index (χ1v) is 3.33. The van der Waals surface area contributed by atoms with Crippen molar-refractivity contribution in [3.63, 3.8) is 0 Å². The third-order valence-electron chi connectivity index (χ3n) is 1.01. The van der Waals surface area contributed by atoms with Crippen molar-refractivity contribution < 1.29 is 0 Å². The van der Waals surface area contributed by atoms with E-state index in [9.17, 15) is 0 Å². The van der Waals surface area contributed by atoms with Gasteiger partial charge in [-0.15, -0.1) is 11.3 Å². The lowest BCUT2D eigenvalue weighted by Crippen LogP contribution is -1.84. The Morgan fingerprint density at radius 1 is 1.75 bits per heavy atom. The molecule has 0 aliphatic heterocycles. The number of hydrogen-bond acceptors (Lipinski definition) is 2. The highest BCUT2D eigenvalue weighted by atomic mass is 32.1. The average molecular weight is 126 g/mol. The van der Waals surface area contributed by atoms with Crippen molar-refractivity contribution in [3.8, 4) is 0 Å². The van der Waals surface area contributed by atoms with Crippen LogP contribution in [0, 0.1) is 6.92 Å². The summed E-state index contributed by atoms with van der Waals surface area (Å²) >= 11 is 1.66. The van der Waals surface area contributed by atoms with Crippen LogP contribution in [0.4, 0.5) is 5.69 Å². The molecule has 43 valence electrons. The molecule has 1 radical (unpaired) electrons. The molecule has 0 atom stereocenters. The second-order valence-corrected chi connectivity index (χ2v) is 2.55. The van der Waals surface area contributed by atoms with Crippen molar-refractivity contribution >= 4 is 17.0 Å². The summed E-state index contributed by atoms with van der Waals surface area (Å²) in [6.07, 6.45) is 0.809. The van der Waals surface area contributed by atoms with Crippen molar-refractivity contribution in [2.45, 2.75) is 6.42 Å². The molecule has 1 aromatic heterocycles. The number of thiophene rings is 1. The highest BCUT2D eigenvalue weighted by molar-refractivity contribution is 7.10. The number of rotatable bonds is 1. The third-order valence-corrected chi connectivity index (χ3v) is 2.00. The van der Waals surface area contributed by atoms with Crippen LogP contribution in [0.5, 0.6) is 0 Å². The first kappa shape index (κ1) is 5.63. The van der Waals surface area contributed by atoms with Gasteiger partial charge in [-0.05, 0) is 24.8 Å². The Hall–Kier alpha value is -0.500. The summed E-state index contributed by atoms with van der Waals surface area (Å²) in [5, 5.41) is 1.98. The molecule has 2 heteroatoms. The van der Waals surface area contributed by atoms with Crippen molar-refractivity contribution in [2.24, 2.45) is 0 Å². The fourth-order valence-corrected chi connectivity index (χ4v) is 1.25. The molecule has 8 heavy (non-hydrogen) atoms. The Morgan fingerprint density at radius 3 is 2.75 bits per heavy atom. The molecule has 1 aromatic rings. The molecule has 0 saturated carbocycles. The molecule has 0 aromatic carbocycles. The quantitative estimate of drug-likeness (QED) is 0.609. The summed E-state index contributed by atoms with van der Waals surface area (Å²) in [6.45, 7) is 3.72. The predicted molar refractivity (Wildman–Crippen MR) is 37.8 cm³/mol. The van der Waals surface area contributed by atoms with Gasteiger partial charge >= 0.3 is 0 Å². The van der Waals surface area contributed by atoms with Gasteiger partial charge in [0, 0.05) is 10.6 Å². The van der Waals surface area contributed by atoms with Crippen molar-refractivity contribution in [1.82, 2.24) is 0 Å². The second-order valence-electron chi connectivity index (χ2n) is 1.55. The van der Waals surface area contributed by atoms with E-state index in [0.717, 1.165) is 12.1 Å². The maximum Gasteiger partial charge on any atom is 0.0455 e. The molecule has 1 rings (SSSR count). The van der Waals surface area contributed by atoms with Crippen LogP contribution in [0.2, 0.25) is 0 Å². The predicted octanol–water partition coefficient (Wildman–Crippen LogP) is 1.71. The Balaban J connectivity index is 2.92. The van der Waals surface area contributed by atoms with E-state index in [1.54, 1.807) is 11.3 Å². The topological polar surface area (TPSA) is 26.0 Å². The lowest BCUT2D eigenvalue weighted by Gasteiger charge is -1.88. The summed E-state index contributed by atoms with van der Waals surface area (Å²) in [4.78, 5) is 1.19. The van der Waals surface area contributed by atoms with Gasteiger partial charge in [0.2, 0.25) is 0 Å². The van der Waals surface area contributed by atoms with Crippen molar-refractivity contribution in [3.05, 3.63) is 23.2 Å². The normalized spacial score (nSPS) is 9.62. The van der Waals surface area contributed by atoms with Gasteiger partial charge in [-0.1, -0.05) is 0 Å². The largest absolute Gasteiger partial charge is 0.398 e. The zero-order valence-electron chi connectivity index (χ0n) is 4.55. The van der Waals surface area contributed by atoms with Crippen molar-refractivity contribution in [2.75, 3.05) is 5.73 Å². The Kier molecular flexibility index (Phi) is 1.53. The molecule has 0 spiro atoms. The maximum absolute atomic E-state index is 5.52. The van der Waals surface area contributed by atoms with Gasteiger partial charge in [0.1, 0.15) is 0 Å². The van der Waals surface area contributed by atoms with E-state index in [1.807, 2.05) is 11.4 Å². The van der Waals surface area contributed by atoms with E-state index in [2.05, 4.69) is 6.92 Å². The molecular weight excluding hydrogens is 118 g/mol. The Labute approximate surface area is 53.1 Å². The van der Waals surface area contributed by atoms with E-state index < -0.39 is 0 Å². The van der Waals surface area contributed by atoms with E-state index in [-0.39, 0.29) is 0 Å². The van der Waals surface area contributed by atoms with Crippen LogP contribution in [-0.4, -0.2) is 0 Å². The van der Waals surface area contributed by atoms with Gasteiger partial charge < -0.3 is 5.73 Å². The van der Waals surface area contributed by atoms with Gasteiger partial charge in [-0.25, -0.2) is 0 Å². The summed E-state index contributed by atoms with van der Waals surface area (Å²) in [7, 11) is 0. The fourth-order valence-electron chi connectivity index (χ4n) is 0.554. The van der Waals surface area contributed by atoms with Crippen LogP contribution in [0.3, 0.4) is 0 Å². The summed E-state index contributed by atoms with van der Waals surface area (Å²) < 4.78 is 0. The minimum absolute atomic E-state index is 0.809. The van der Waals surface area contributed by atoms with Crippen LogP contribution in [0.1, 0.15) is 4.88 Å². The number of hydrogen-bond donors (Lipinski definition) is 1. The molecule has 0 amide bonds. The van der Waals surface area contributed by atoms with E-state index in [1.165, 1.54) is 4.88 Å². The molecule has 1 nitrogen and oxygen atoms in total. The Morgan fingerprint density at radius 2 is 2.50 bits per heavy atom. The first-order valence-electron chi connectivity index (χ1n) is 2.45. The third kappa shape index (κ3) is 0.842. The monoisotopic (exact) mass is 126 g/mol. The van der Waals surface area contributed by atoms with Gasteiger partial charge in [-0.3, -0.25) is 0 Å². The minimum atomic E-state index is 0.809. The molecule has 0 fully saturated rings. The molecule has 2 N–H and O–H groups in total. The number of nitrogens with two attached hydrogens (primary N) is 1. The van der Waals surface area contributed by atoms with Crippen molar-refractivity contribution in [1.29, 1.82) is 0 Å². The fraction of sp³-hybridized carbons (Fsp3) is 0.167. The molecule has 0 saturated heterocycles. The van der Waals surface area contributed by atoms with E-state index in [4.69, 9.17) is 5.73 Å². The lowest BCUT2D eigenvalue weighted by atomic mass is 10.3. The van der Waals surface area contributed by atoms with Gasteiger partial charge in [0.15, 0.2) is 0 Å². The summed E-state index contributed by atoms with van der Waals surface area (Å²) in [5.41, 5.74) is 6.40. The first-order chi connectivity index (χ1) is 3.84. The maximum atomic E-state index is 5.52. The zero-order valence-corrected chi connectivity index (χ0v) is 5.37. The molecular formula is C6H8NS. The highest BCUT2D eigenvalue weighted by Crippen LogP contribution is 2.18. The highest BCUT2D eigenvalue weighted by Gasteiger charge is 1.93. The van der Waals surface area contributed by atoms with Crippen LogP contribution < -0.4 is 5.73 Å². The minimum Gasteiger partial charge on any atom is -0.398 e. The smallest absolute Gasteiger partial charge is 0.0455 e. The van der Waals surface area contributed by atoms with Crippen LogP contribution >= 0.6 is 11.3 Å². The molecule has 0 bridgehead atoms. The second kappa shape index (κ2) is 2.18. The van der Waals surface area contributed by atoms with Gasteiger partial charge in [0.05, 0.1) is 0 Å². The van der Waals surface area contributed by atoms with Gasteiger partial charge in [-0.2, -0.15) is 0 Å². The van der Waals surface area contributed by atoms with Crippen LogP contribution in [0.15, 0.2) is 11.4 Å². The zero-order chi connectivity index (χ0) is 5.98. The molecule has 0 aliphatic carbocycles. The average Bonchev–Trinajstić information content (AvgIpc) is 2.14. The van der Waals surface area contributed by atoms with E-state index >= 15 is 0 Å². The number of nitrogen functional groups attached to an aromatic ring is 1. The lowest BCUT2D eigenvalue weighted by molar-refractivity contribution is 1.35. The molecule has 0 unspecified atom stereocenters. The SMILES string of the molecule is [CH2]Cc1sccc1N. The van der Waals surface area contributed by atoms with E-state index in [0.29, 0.717) is 0 Å². The standard InChI is InChI=1S/C6H8NS/c1-2-6-5(7)3-4-8-6/h3-4H,1-2,7H2. The molecule has 1 heterocycles. The van der Waals surface area contributed by atoms with Crippen LogP contribution in [0.25, 0.3) is 0 Å².